The summed E-state index contributed by atoms with van der Waals surface area (Å²) in [6.07, 6.45) is 0.968. The van der Waals surface area contributed by atoms with E-state index in [4.69, 9.17) is 5.11 Å². The van der Waals surface area contributed by atoms with Crippen LogP contribution in [-0.4, -0.2) is 34.5 Å². The molecule has 0 saturated carbocycles. The second kappa shape index (κ2) is 5.21. The van der Waals surface area contributed by atoms with Gasteiger partial charge in [0.2, 0.25) is 5.91 Å². The van der Waals surface area contributed by atoms with Crippen LogP contribution in [0.4, 0.5) is 0 Å². The van der Waals surface area contributed by atoms with E-state index in [1.165, 1.54) is 6.92 Å². The summed E-state index contributed by atoms with van der Waals surface area (Å²) in [5.74, 6) is 0.683. The summed E-state index contributed by atoms with van der Waals surface area (Å²) in [4.78, 5) is 22.2. The molecule has 0 bridgehead atoms. The maximum Gasteiger partial charge on any atom is 0.331 e. The van der Waals surface area contributed by atoms with E-state index in [1.54, 1.807) is 18.7 Å². The summed E-state index contributed by atoms with van der Waals surface area (Å²) in [6, 6.07) is 0.194. The number of carbonyl (C=O) groups is 2. The van der Waals surface area contributed by atoms with Crippen molar-refractivity contribution in [2.45, 2.75) is 26.3 Å². The van der Waals surface area contributed by atoms with Crippen LogP contribution in [0.25, 0.3) is 0 Å². The molecule has 4 nitrogen and oxygen atoms in total. The van der Waals surface area contributed by atoms with Gasteiger partial charge in [0.05, 0.1) is 0 Å². The second-order valence-corrected chi connectivity index (χ2v) is 4.74. The Balaban J connectivity index is 2.59. The molecule has 1 fully saturated rings. The number of thioether (sulfide) groups is 1. The molecule has 84 valence electrons. The first kappa shape index (κ1) is 12.1. The highest BCUT2D eigenvalue weighted by Gasteiger charge is 2.19. The fraction of sp³-hybridized carbons (Fsp3) is 0.600. The quantitative estimate of drug-likeness (QED) is 0.709. The molecule has 1 unspecified atom stereocenters. The maximum absolute atomic E-state index is 11.6. The van der Waals surface area contributed by atoms with Gasteiger partial charge in [0, 0.05) is 22.9 Å². The average Bonchev–Trinajstić information content (AvgIpc) is 2.67. The topological polar surface area (TPSA) is 66.4 Å². The van der Waals surface area contributed by atoms with Crippen LogP contribution in [0.3, 0.4) is 0 Å². The molecule has 5 heteroatoms. The number of amides is 1. The summed E-state index contributed by atoms with van der Waals surface area (Å²) in [5, 5.41) is 11.6. The van der Waals surface area contributed by atoms with Gasteiger partial charge in [0.25, 0.3) is 0 Å². The minimum atomic E-state index is -1.04. The summed E-state index contributed by atoms with van der Waals surface area (Å²) >= 11 is 1.80. The van der Waals surface area contributed by atoms with Crippen molar-refractivity contribution in [1.82, 2.24) is 5.32 Å². The SMILES string of the molecule is CC(C(=O)O)=C(C)C(=O)NC1CCSC1. The van der Waals surface area contributed by atoms with E-state index < -0.39 is 5.97 Å². The molecule has 2 N–H and O–H groups in total. The molecule has 1 amide bonds. The Hall–Kier alpha value is -0.970. The average molecular weight is 229 g/mol. The molecule has 1 aliphatic rings. The summed E-state index contributed by atoms with van der Waals surface area (Å²) in [5.41, 5.74) is 0.401. The Morgan fingerprint density at radius 1 is 1.33 bits per heavy atom. The molecule has 0 aromatic heterocycles. The Morgan fingerprint density at radius 2 is 2.00 bits per heavy atom. The number of aliphatic carboxylic acids is 1. The van der Waals surface area contributed by atoms with Gasteiger partial charge in [0.1, 0.15) is 0 Å². The predicted molar refractivity (Wildman–Crippen MR) is 59.9 cm³/mol. The molecule has 15 heavy (non-hydrogen) atoms. The van der Waals surface area contributed by atoms with Crippen LogP contribution in [0.1, 0.15) is 20.3 Å². The van der Waals surface area contributed by atoms with Crippen molar-refractivity contribution in [3.8, 4) is 0 Å². The first-order chi connectivity index (χ1) is 7.02. The van der Waals surface area contributed by atoms with Gasteiger partial charge in [-0.05, 0) is 26.0 Å². The van der Waals surface area contributed by atoms with Crippen LogP contribution in [0.15, 0.2) is 11.1 Å². The van der Waals surface area contributed by atoms with Crippen molar-refractivity contribution in [3.05, 3.63) is 11.1 Å². The smallest absolute Gasteiger partial charge is 0.331 e. The maximum atomic E-state index is 11.6. The molecular weight excluding hydrogens is 214 g/mol. The van der Waals surface area contributed by atoms with Crippen LogP contribution in [0.2, 0.25) is 0 Å². The highest BCUT2D eigenvalue weighted by atomic mass is 32.2. The van der Waals surface area contributed by atoms with Crippen molar-refractivity contribution in [2.75, 3.05) is 11.5 Å². The Morgan fingerprint density at radius 3 is 2.47 bits per heavy atom. The van der Waals surface area contributed by atoms with Gasteiger partial charge in [-0.1, -0.05) is 0 Å². The first-order valence-electron chi connectivity index (χ1n) is 4.81. The Bertz CT molecular complexity index is 306. The summed E-state index contributed by atoms with van der Waals surface area (Å²) in [6.45, 7) is 2.99. The molecule has 1 aliphatic heterocycles. The van der Waals surface area contributed by atoms with Gasteiger partial charge >= 0.3 is 5.97 Å². The zero-order valence-electron chi connectivity index (χ0n) is 8.87. The van der Waals surface area contributed by atoms with E-state index in [0.29, 0.717) is 5.57 Å². The minimum Gasteiger partial charge on any atom is -0.478 e. The highest BCUT2D eigenvalue weighted by molar-refractivity contribution is 7.99. The lowest BCUT2D eigenvalue weighted by atomic mass is 10.1. The Kier molecular flexibility index (Phi) is 4.20. The van der Waals surface area contributed by atoms with Gasteiger partial charge in [-0.3, -0.25) is 4.79 Å². The standard InChI is InChI=1S/C10H15NO3S/c1-6(7(2)10(13)14)9(12)11-8-3-4-15-5-8/h8H,3-5H2,1-2H3,(H,11,12)(H,13,14). The third kappa shape index (κ3) is 3.27. The van der Waals surface area contributed by atoms with Gasteiger partial charge < -0.3 is 10.4 Å². The number of hydrogen-bond donors (Lipinski definition) is 2. The lowest BCUT2D eigenvalue weighted by molar-refractivity contribution is -0.133. The summed E-state index contributed by atoms with van der Waals surface area (Å²) in [7, 11) is 0. The van der Waals surface area contributed by atoms with Crippen molar-refractivity contribution in [2.24, 2.45) is 0 Å². The zero-order valence-corrected chi connectivity index (χ0v) is 9.69. The molecule has 0 aromatic rings. The van der Waals surface area contributed by atoms with Crippen LogP contribution >= 0.6 is 11.8 Å². The van der Waals surface area contributed by atoms with E-state index in [9.17, 15) is 9.59 Å². The van der Waals surface area contributed by atoms with E-state index in [-0.39, 0.29) is 17.5 Å². The van der Waals surface area contributed by atoms with Crippen LogP contribution in [0.5, 0.6) is 0 Å². The zero-order chi connectivity index (χ0) is 11.4. The summed E-state index contributed by atoms with van der Waals surface area (Å²) < 4.78 is 0. The number of carboxylic acids is 1. The van der Waals surface area contributed by atoms with Crippen molar-refractivity contribution < 1.29 is 14.7 Å². The van der Waals surface area contributed by atoms with E-state index >= 15 is 0 Å². The van der Waals surface area contributed by atoms with Gasteiger partial charge in [-0.25, -0.2) is 4.79 Å². The second-order valence-electron chi connectivity index (χ2n) is 3.59. The van der Waals surface area contributed by atoms with Crippen molar-refractivity contribution in [3.63, 3.8) is 0 Å². The van der Waals surface area contributed by atoms with Crippen LogP contribution in [-0.2, 0) is 9.59 Å². The number of hydrogen-bond acceptors (Lipinski definition) is 3. The number of carbonyl (C=O) groups excluding carboxylic acids is 1. The van der Waals surface area contributed by atoms with E-state index in [1.807, 2.05) is 0 Å². The fourth-order valence-electron chi connectivity index (χ4n) is 1.27. The lowest BCUT2D eigenvalue weighted by Gasteiger charge is -2.12. The molecule has 0 aromatic carbocycles. The molecule has 1 atom stereocenters. The van der Waals surface area contributed by atoms with Crippen LogP contribution < -0.4 is 5.32 Å². The van der Waals surface area contributed by atoms with Gasteiger partial charge in [-0.2, -0.15) is 11.8 Å². The first-order valence-corrected chi connectivity index (χ1v) is 5.97. The normalized spacial score (nSPS) is 22.1. The van der Waals surface area contributed by atoms with E-state index in [2.05, 4.69) is 5.32 Å². The number of nitrogens with one attached hydrogen (secondary N) is 1. The van der Waals surface area contributed by atoms with Crippen molar-refractivity contribution in [1.29, 1.82) is 0 Å². The van der Waals surface area contributed by atoms with Gasteiger partial charge in [-0.15, -0.1) is 0 Å². The Labute approximate surface area is 93.1 Å². The number of carboxylic acid groups (broad SMARTS) is 1. The molecule has 1 rings (SSSR count). The molecule has 1 heterocycles. The molecule has 0 radical (unpaired) electrons. The van der Waals surface area contributed by atoms with E-state index in [0.717, 1.165) is 17.9 Å². The third-order valence-corrected chi connectivity index (χ3v) is 3.65. The van der Waals surface area contributed by atoms with Gasteiger partial charge in [0.15, 0.2) is 0 Å². The molecule has 1 saturated heterocycles. The molecular formula is C10H15NO3S. The fourth-order valence-corrected chi connectivity index (χ4v) is 2.43. The highest BCUT2D eigenvalue weighted by Crippen LogP contribution is 2.17. The largest absolute Gasteiger partial charge is 0.478 e. The third-order valence-electron chi connectivity index (χ3n) is 2.49. The number of rotatable bonds is 3. The minimum absolute atomic E-state index is 0.109. The monoisotopic (exact) mass is 229 g/mol. The lowest BCUT2D eigenvalue weighted by Crippen LogP contribution is -2.35. The van der Waals surface area contributed by atoms with Crippen molar-refractivity contribution >= 4 is 23.6 Å². The molecule has 0 spiro atoms. The van der Waals surface area contributed by atoms with Crippen LogP contribution in [0, 0.1) is 0 Å². The predicted octanol–water partition coefficient (Wildman–Crippen LogP) is 1.03. The molecule has 0 aliphatic carbocycles.